The van der Waals surface area contributed by atoms with E-state index in [1.165, 1.54) is 6.33 Å². The number of nitrogens with one attached hydrogen (secondary N) is 1. The number of H-pyrrole nitrogens is 1. The van der Waals surface area contributed by atoms with Gasteiger partial charge in [0.2, 0.25) is 0 Å². The summed E-state index contributed by atoms with van der Waals surface area (Å²) >= 11 is 0. The summed E-state index contributed by atoms with van der Waals surface area (Å²) in [6.07, 6.45) is 8.34. The van der Waals surface area contributed by atoms with Gasteiger partial charge in [-0.2, -0.15) is 0 Å². The van der Waals surface area contributed by atoms with Gasteiger partial charge in [0.1, 0.15) is 17.8 Å². The molecule has 0 aliphatic rings. The van der Waals surface area contributed by atoms with Crippen molar-refractivity contribution >= 4 is 16.9 Å². The molecule has 2 aromatic heterocycles. The Morgan fingerprint density at radius 3 is 2.79 bits per heavy atom. The monoisotopic (exact) mass is 188 g/mol. The van der Waals surface area contributed by atoms with Crippen molar-refractivity contribution in [1.82, 2.24) is 15.0 Å². The molecule has 0 amide bonds. The van der Waals surface area contributed by atoms with Gasteiger partial charge in [-0.05, 0) is 0 Å². The second kappa shape index (κ2) is 4.28. The zero-order valence-corrected chi connectivity index (χ0v) is 8.20. The van der Waals surface area contributed by atoms with E-state index in [4.69, 9.17) is 12.2 Å². The summed E-state index contributed by atoms with van der Waals surface area (Å²) in [5.74, 6) is 2.91. The number of rotatable bonds is 0. The van der Waals surface area contributed by atoms with Crippen LogP contribution in [0, 0.1) is 12.3 Å². The fourth-order valence-corrected chi connectivity index (χ4v) is 1.10. The zero-order valence-electron chi connectivity index (χ0n) is 8.20. The van der Waals surface area contributed by atoms with E-state index in [1.807, 2.05) is 13.8 Å². The first-order valence-corrected chi connectivity index (χ1v) is 4.37. The molecule has 2 rings (SSSR count). The minimum absolute atomic E-state index is 0.411. The van der Waals surface area contributed by atoms with Crippen LogP contribution in [0.15, 0.2) is 12.5 Å². The van der Waals surface area contributed by atoms with Crippen molar-refractivity contribution in [3.63, 3.8) is 0 Å². The van der Waals surface area contributed by atoms with Crippen LogP contribution in [0.4, 0.5) is 5.82 Å². The van der Waals surface area contributed by atoms with Crippen LogP contribution in [0.2, 0.25) is 0 Å². The minimum Gasteiger partial charge on any atom is -0.383 e. The number of aromatic nitrogens is 3. The fraction of sp³-hybridized carbons (Fsp3) is 0.200. The van der Waals surface area contributed by atoms with Crippen LogP contribution in [0.25, 0.3) is 11.0 Å². The molecular weight excluding hydrogens is 176 g/mol. The van der Waals surface area contributed by atoms with E-state index in [2.05, 4.69) is 20.9 Å². The molecule has 0 aliphatic carbocycles. The summed E-state index contributed by atoms with van der Waals surface area (Å²) in [6.45, 7) is 4.00. The van der Waals surface area contributed by atoms with Gasteiger partial charge in [-0.1, -0.05) is 19.8 Å². The van der Waals surface area contributed by atoms with E-state index in [1.54, 1.807) is 6.20 Å². The molecule has 0 unspecified atom stereocenters. The first kappa shape index (κ1) is 10.1. The molecular formula is C10H12N4. The topological polar surface area (TPSA) is 67.6 Å². The van der Waals surface area contributed by atoms with Crippen molar-refractivity contribution in [2.45, 2.75) is 13.8 Å². The first-order chi connectivity index (χ1) is 6.83. The third-order valence-electron chi connectivity index (χ3n) is 1.65. The quantitative estimate of drug-likeness (QED) is 0.616. The Labute approximate surface area is 82.6 Å². The van der Waals surface area contributed by atoms with Crippen LogP contribution < -0.4 is 5.73 Å². The number of hydrogen-bond donors (Lipinski definition) is 2. The SMILES string of the molecule is C#Cc1c[nH]c2ncnc(N)c12.CC. The molecule has 0 aliphatic heterocycles. The second-order valence-electron chi connectivity index (χ2n) is 2.33. The minimum atomic E-state index is 0.411. The number of hydrogen-bond acceptors (Lipinski definition) is 3. The molecule has 0 radical (unpaired) electrons. The Hall–Kier alpha value is -2.02. The van der Waals surface area contributed by atoms with Crippen molar-refractivity contribution in [2.24, 2.45) is 0 Å². The molecule has 2 heterocycles. The number of terminal acetylenes is 1. The number of nitrogen functional groups attached to an aromatic ring is 1. The second-order valence-corrected chi connectivity index (χ2v) is 2.33. The summed E-state index contributed by atoms with van der Waals surface area (Å²) in [5.41, 5.74) is 6.98. The average molecular weight is 188 g/mol. The van der Waals surface area contributed by atoms with Gasteiger partial charge in [-0.3, -0.25) is 0 Å². The van der Waals surface area contributed by atoms with E-state index in [-0.39, 0.29) is 0 Å². The number of nitrogens with two attached hydrogens (primary N) is 1. The number of nitrogens with zero attached hydrogens (tertiary/aromatic N) is 2. The largest absolute Gasteiger partial charge is 0.383 e. The highest BCUT2D eigenvalue weighted by atomic mass is 15.0. The molecule has 0 bridgehead atoms. The van der Waals surface area contributed by atoms with Crippen molar-refractivity contribution in [1.29, 1.82) is 0 Å². The lowest BCUT2D eigenvalue weighted by molar-refractivity contribution is 1.21. The van der Waals surface area contributed by atoms with Gasteiger partial charge >= 0.3 is 0 Å². The number of fused-ring (bicyclic) bond motifs is 1. The summed E-state index contributed by atoms with van der Waals surface area (Å²) < 4.78 is 0. The summed E-state index contributed by atoms with van der Waals surface area (Å²) in [7, 11) is 0. The van der Waals surface area contributed by atoms with Crippen molar-refractivity contribution in [3.8, 4) is 12.3 Å². The highest BCUT2D eigenvalue weighted by molar-refractivity contribution is 5.91. The van der Waals surface area contributed by atoms with Crippen molar-refractivity contribution in [3.05, 3.63) is 18.1 Å². The third kappa shape index (κ3) is 1.52. The molecule has 0 atom stereocenters. The van der Waals surface area contributed by atoms with Crippen LogP contribution in [0.3, 0.4) is 0 Å². The van der Waals surface area contributed by atoms with Gasteiger partial charge in [0, 0.05) is 6.20 Å². The number of aromatic amines is 1. The maximum Gasteiger partial charge on any atom is 0.144 e. The van der Waals surface area contributed by atoms with Gasteiger partial charge in [-0.25, -0.2) is 9.97 Å². The van der Waals surface area contributed by atoms with Gasteiger partial charge in [0.25, 0.3) is 0 Å². The third-order valence-corrected chi connectivity index (χ3v) is 1.65. The summed E-state index contributed by atoms with van der Waals surface area (Å²) in [5, 5.41) is 0.722. The Balaban J connectivity index is 0.000000461. The van der Waals surface area contributed by atoms with Crippen LogP contribution in [0.5, 0.6) is 0 Å². The number of anilines is 1. The van der Waals surface area contributed by atoms with Gasteiger partial charge < -0.3 is 10.7 Å². The molecule has 0 aromatic carbocycles. The van der Waals surface area contributed by atoms with E-state index < -0.39 is 0 Å². The molecule has 14 heavy (non-hydrogen) atoms. The average Bonchev–Trinajstić information content (AvgIpc) is 2.65. The highest BCUT2D eigenvalue weighted by Gasteiger charge is 2.05. The molecule has 0 saturated heterocycles. The standard InChI is InChI=1S/C8H6N4.C2H6/c1-2-5-3-10-8-6(5)7(9)11-4-12-8;1-2/h1,3-4H,(H3,9,10,11,12);1-2H3. The van der Waals surface area contributed by atoms with E-state index in [9.17, 15) is 0 Å². The van der Waals surface area contributed by atoms with Crippen LogP contribution in [-0.4, -0.2) is 15.0 Å². The Bertz CT molecular complexity index is 464. The molecule has 0 saturated carbocycles. The lowest BCUT2D eigenvalue weighted by atomic mass is 10.2. The van der Waals surface area contributed by atoms with Crippen molar-refractivity contribution in [2.75, 3.05) is 5.73 Å². The first-order valence-electron chi connectivity index (χ1n) is 4.37. The van der Waals surface area contributed by atoms with Gasteiger partial charge in [0.15, 0.2) is 0 Å². The van der Waals surface area contributed by atoms with Crippen LogP contribution in [-0.2, 0) is 0 Å². The predicted molar refractivity (Wildman–Crippen MR) is 57.6 cm³/mol. The smallest absolute Gasteiger partial charge is 0.144 e. The molecule has 4 heteroatoms. The molecule has 3 N–H and O–H groups in total. The van der Waals surface area contributed by atoms with Crippen LogP contribution >= 0.6 is 0 Å². The van der Waals surface area contributed by atoms with Crippen molar-refractivity contribution < 1.29 is 0 Å². The zero-order chi connectivity index (χ0) is 10.6. The Morgan fingerprint density at radius 1 is 1.43 bits per heavy atom. The molecule has 0 spiro atoms. The van der Waals surface area contributed by atoms with E-state index in [0.717, 1.165) is 5.39 Å². The Kier molecular flexibility index (Phi) is 3.08. The summed E-state index contributed by atoms with van der Waals surface area (Å²) in [4.78, 5) is 10.7. The van der Waals surface area contributed by atoms with Gasteiger partial charge in [0.05, 0.1) is 10.9 Å². The maximum absolute atomic E-state index is 5.61. The molecule has 72 valence electrons. The predicted octanol–water partition coefficient (Wildman–Crippen LogP) is 1.55. The fourth-order valence-electron chi connectivity index (χ4n) is 1.10. The molecule has 2 aromatic rings. The van der Waals surface area contributed by atoms with Crippen LogP contribution in [0.1, 0.15) is 19.4 Å². The molecule has 4 nitrogen and oxygen atoms in total. The van der Waals surface area contributed by atoms with E-state index >= 15 is 0 Å². The Morgan fingerprint density at radius 2 is 2.14 bits per heavy atom. The lowest BCUT2D eigenvalue weighted by Crippen LogP contribution is -1.92. The normalized spacial score (nSPS) is 8.93. The summed E-state index contributed by atoms with van der Waals surface area (Å²) in [6, 6.07) is 0. The lowest BCUT2D eigenvalue weighted by Gasteiger charge is -1.92. The van der Waals surface area contributed by atoms with Gasteiger partial charge in [-0.15, -0.1) is 6.42 Å². The maximum atomic E-state index is 5.61. The van der Waals surface area contributed by atoms with E-state index in [0.29, 0.717) is 17.0 Å². The molecule has 0 fully saturated rings. The highest BCUT2D eigenvalue weighted by Crippen LogP contribution is 2.19.